The van der Waals surface area contributed by atoms with Crippen LogP contribution in [0.15, 0.2) is 0 Å². The fourth-order valence-corrected chi connectivity index (χ4v) is 2.25. The molecular formula is C12H25NO. The Bertz CT molecular complexity index is 160. The molecule has 1 saturated carbocycles. The summed E-state index contributed by atoms with van der Waals surface area (Å²) >= 11 is 0. The first-order valence-corrected chi connectivity index (χ1v) is 6.05. The monoisotopic (exact) mass is 199 g/mol. The second kappa shape index (κ2) is 5.72. The molecule has 0 saturated heterocycles. The normalized spacial score (nSPS) is 35.6. The number of aliphatic hydroxyl groups is 1. The molecule has 0 aromatic heterocycles. The zero-order valence-electron chi connectivity index (χ0n) is 9.79. The lowest BCUT2D eigenvalue weighted by atomic mass is 9.80. The second-order valence-electron chi connectivity index (χ2n) is 4.97. The molecule has 0 aromatic carbocycles. The van der Waals surface area contributed by atoms with Gasteiger partial charge in [-0.3, -0.25) is 0 Å². The average Bonchev–Trinajstić information content (AvgIpc) is 2.19. The van der Waals surface area contributed by atoms with E-state index >= 15 is 0 Å². The molecule has 1 aliphatic carbocycles. The summed E-state index contributed by atoms with van der Waals surface area (Å²) in [5.41, 5.74) is 0. The van der Waals surface area contributed by atoms with E-state index in [1.54, 1.807) is 0 Å². The fraction of sp³-hybridized carbons (Fsp3) is 1.00. The van der Waals surface area contributed by atoms with Crippen molar-refractivity contribution in [1.82, 2.24) is 5.32 Å². The summed E-state index contributed by atoms with van der Waals surface area (Å²) in [7, 11) is 0. The van der Waals surface area contributed by atoms with Crippen LogP contribution in [0.1, 0.15) is 46.5 Å². The van der Waals surface area contributed by atoms with Gasteiger partial charge in [0.1, 0.15) is 0 Å². The Morgan fingerprint density at radius 2 is 2.07 bits per heavy atom. The molecule has 4 atom stereocenters. The van der Waals surface area contributed by atoms with E-state index in [-0.39, 0.29) is 6.10 Å². The summed E-state index contributed by atoms with van der Waals surface area (Å²) < 4.78 is 0. The summed E-state index contributed by atoms with van der Waals surface area (Å²) in [5.74, 6) is 1.62. The van der Waals surface area contributed by atoms with Crippen LogP contribution in [0.4, 0.5) is 0 Å². The Labute approximate surface area is 88.1 Å². The Balaban J connectivity index is 2.27. The SMILES string of the molecule is CCC(O)CNC1CC(C)CCC1C. The lowest BCUT2D eigenvalue weighted by Crippen LogP contribution is -2.42. The van der Waals surface area contributed by atoms with E-state index in [4.69, 9.17) is 0 Å². The van der Waals surface area contributed by atoms with Gasteiger partial charge in [-0.2, -0.15) is 0 Å². The smallest absolute Gasteiger partial charge is 0.0662 e. The van der Waals surface area contributed by atoms with Crippen molar-refractivity contribution in [2.75, 3.05) is 6.54 Å². The molecule has 84 valence electrons. The summed E-state index contributed by atoms with van der Waals surface area (Å²) in [6.07, 6.45) is 4.66. The molecule has 0 bridgehead atoms. The van der Waals surface area contributed by atoms with Crippen LogP contribution in [-0.2, 0) is 0 Å². The molecule has 2 heteroatoms. The topological polar surface area (TPSA) is 32.3 Å². The van der Waals surface area contributed by atoms with E-state index in [1.165, 1.54) is 19.3 Å². The van der Waals surface area contributed by atoms with Crippen molar-refractivity contribution >= 4 is 0 Å². The quantitative estimate of drug-likeness (QED) is 0.727. The van der Waals surface area contributed by atoms with Crippen LogP contribution in [0.25, 0.3) is 0 Å². The van der Waals surface area contributed by atoms with Gasteiger partial charge in [-0.25, -0.2) is 0 Å². The zero-order chi connectivity index (χ0) is 10.6. The van der Waals surface area contributed by atoms with E-state index in [9.17, 15) is 5.11 Å². The van der Waals surface area contributed by atoms with Gasteiger partial charge < -0.3 is 10.4 Å². The largest absolute Gasteiger partial charge is 0.392 e. The summed E-state index contributed by atoms with van der Waals surface area (Å²) in [5, 5.41) is 13.0. The Morgan fingerprint density at radius 1 is 1.36 bits per heavy atom. The van der Waals surface area contributed by atoms with Gasteiger partial charge in [0.2, 0.25) is 0 Å². The third kappa shape index (κ3) is 3.58. The van der Waals surface area contributed by atoms with E-state index in [2.05, 4.69) is 19.2 Å². The number of hydrogen-bond acceptors (Lipinski definition) is 2. The van der Waals surface area contributed by atoms with Crippen LogP contribution < -0.4 is 5.32 Å². The van der Waals surface area contributed by atoms with Gasteiger partial charge in [-0.05, 0) is 31.1 Å². The van der Waals surface area contributed by atoms with Gasteiger partial charge in [0, 0.05) is 12.6 Å². The molecule has 1 aliphatic rings. The van der Waals surface area contributed by atoms with Crippen molar-refractivity contribution in [1.29, 1.82) is 0 Å². The number of aliphatic hydroxyl groups excluding tert-OH is 1. The molecule has 1 fully saturated rings. The molecule has 0 radical (unpaired) electrons. The Kier molecular flexibility index (Phi) is 4.90. The van der Waals surface area contributed by atoms with Gasteiger partial charge in [-0.1, -0.05) is 27.2 Å². The van der Waals surface area contributed by atoms with Crippen molar-refractivity contribution in [3.8, 4) is 0 Å². The van der Waals surface area contributed by atoms with Gasteiger partial charge in [0.15, 0.2) is 0 Å². The molecule has 0 spiro atoms. The number of hydrogen-bond donors (Lipinski definition) is 2. The molecule has 1 rings (SSSR count). The van der Waals surface area contributed by atoms with E-state index in [0.29, 0.717) is 6.04 Å². The summed E-state index contributed by atoms with van der Waals surface area (Å²) in [4.78, 5) is 0. The minimum absolute atomic E-state index is 0.167. The van der Waals surface area contributed by atoms with Crippen LogP contribution >= 0.6 is 0 Å². The maximum Gasteiger partial charge on any atom is 0.0662 e. The van der Waals surface area contributed by atoms with E-state index in [1.807, 2.05) is 6.92 Å². The average molecular weight is 199 g/mol. The highest BCUT2D eigenvalue weighted by Crippen LogP contribution is 2.28. The fourth-order valence-electron chi connectivity index (χ4n) is 2.25. The Hall–Kier alpha value is -0.0800. The van der Waals surface area contributed by atoms with Gasteiger partial charge in [0.05, 0.1) is 6.10 Å². The Morgan fingerprint density at radius 3 is 2.71 bits per heavy atom. The van der Waals surface area contributed by atoms with Crippen LogP contribution in [-0.4, -0.2) is 23.8 Å². The maximum absolute atomic E-state index is 9.48. The van der Waals surface area contributed by atoms with E-state index in [0.717, 1.165) is 24.8 Å². The molecule has 2 N–H and O–H groups in total. The molecule has 0 heterocycles. The first kappa shape index (κ1) is 12.0. The highest BCUT2D eigenvalue weighted by atomic mass is 16.3. The van der Waals surface area contributed by atoms with Gasteiger partial charge >= 0.3 is 0 Å². The maximum atomic E-state index is 9.48. The lowest BCUT2D eigenvalue weighted by Gasteiger charge is -2.34. The van der Waals surface area contributed by atoms with Gasteiger partial charge in [0.25, 0.3) is 0 Å². The van der Waals surface area contributed by atoms with Crippen LogP contribution in [0, 0.1) is 11.8 Å². The van der Waals surface area contributed by atoms with Crippen molar-refractivity contribution in [2.45, 2.75) is 58.6 Å². The highest BCUT2D eigenvalue weighted by Gasteiger charge is 2.25. The molecule has 0 amide bonds. The molecule has 0 aliphatic heterocycles. The molecule has 0 aromatic rings. The zero-order valence-corrected chi connectivity index (χ0v) is 9.79. The molecule has 4 unspecified atom stereocenters. The molecule has 14 heavy (non-hydrogen) atoms. The van der Waals surface area contributed by atoms with Crippen LogP contribution in [0.2, 0.25) is 0 Å². The molecule has 2 nitrogen and oxygen atoms in total. The first-order chi connectivity index (χ1) is 6.63. The van der Waals surface area contributed by atoms with Crippen molar-refractivity contribution < 1.29 is 5.11 Å². The highest BCUT2D eigenvalue weighted by molar-refractivity contribution is 4.81. The van der Waals surface area contributed by atoms with Crippen LogP contribution in [0.5, 0.6) is 0 Å². The lowest BCUT2D eigenvalue weighted by molar-refractivity contribution is 0.145. The van der Waals surface area contributed by atoms with E-state index < -0.39 is 0 Å². The minimum atomic E-state index is -0.167. The van der Waals surface area contributed by atoms with Crippen molar-refractivity contribution in [3.63, 3.8) is 0 Å². The van der Waals surface area contributed by atoms with Crippen LogP contribution in [0.3, 0.4) is 0 Å². The predicted molar refractivity (Wildman–Crippen MR) is 60.3 cm³/mol. The van der Waals surface area contributed by atoms with Gasteiger partial charge in [-0.15, -0.1) is 0 Å². The number of nitrogens with one attached hydrogen (secondary N) is 1. The number of rotatable bonds is 4. The third-order valence-corrected chi connectivity index (χ3v) is 3.54. The third-order valence-electron chi connectivity index (χ3n) is 3.54. The summed E-state index contributed by atoms with van der Waals surface area (Å²) in [6.45, 7) is 7.44. The van der Waals surface area contributed by atoms with Crippen molar-refractivity contribution in [2.24, 2.45) is 11.8 Å². The first-order valence-electron chi connectivity index (χ1n) is 6.05. The second-order valence-corrected chi connectivity index (χ2v) is 4.97. The molecular weight excluding hydrogens is 174 g/mol. The predicted octanol–water partition coefficient (Wildman–Crippen LogP) is 2.17. The summed E-state index contributed by atoms with van der Waals surface area (Å²) in [6, 6.07) is 0.625. The standard InChI is InChI=1S/C12H25NO/c1-4-11(14)8-13-12-7-9(2)5-6-10(12)3/h9-14H,4-8H2,1-3H3. The van der Waals surface area contributed by atoms with Crippen molar-refractivity contribution in [3.05, 3.63) is 0 Å². The minimum Gasteiger partial charge on any atom is -0.392 e.